The third-order valence-corrected chi connectivity index (χ3v) is 3.98. The number of hydrogen-bond acceptors (Lipinski definition) is 4. The van der Waals surface area contributed by atoms with Gasteiger partial charge in [-0.05, 0) is 24.7 Å². The van der Waals surface area contributed by atoms with Gasteiger partial charge < -0.3 is 10.1 Å². The number of hydrogen-bond donors (Lipinski definition) is 1. The van der Waals surface area contributed by atoms with Gasteiger partial charge in [-0.25, -0.2) is 4.98 Å². The zero-order chi connectivity index (χ0) is 12.3. The Morgan fingerprint density at radius 3 is 3.00 bits per heavy atom. The Bertz CT molecular complexity index is 495. The smallest absolute Gasteiger partial charge is 0.120 e. The van der Waals surface area contributed by atoms with E-state index in [2.05, 4.69) is 30.2 Å². The molecule has 2 aromatic rings. The summed E-state index contributed by atoms with van der Waals surface area (Å²) in [7, 11) is 1.69. The van der Waals surface area contributed by atoms with Gasteiger partial charge in [-0.3, -0.25) is 0 Å². The van der Waals surface area contributed by atoms with Crippen LogP contribution in [0.5, 0.6) is 5.75 Å². The third kappa shape index (κ3) is 2.76. The highest BCUT2D eigenvalue weighted by Gasteiger charge is 2.11. The minimum atomic E-state index is 0.457. The topological polar surface area (TPSA) is 34.2 Å². The van der Waals surface area contributed by atoms with Crippen LogP contribution in [0.15, 0.2) is 18.2 Å². The van der Waals surface area contributed by atoms with Crippen LogP contribution >= 0.6 is 11.3 Å². The van der Waals surface area contributed by atoms with Crippen molar-refractivity contribution in [3.8, 4) is 5.75 Å². The lowest BCUT2D eigenvalue weighted by atomic mass is 10.2. The van der Waals surface area contributed by atoms with Crippen molar-refractivity contribution in [3.63, 3.8) is 0 Å². The molecule has 1 heterocycles. The van der Waals surface area contributed by atoms with Crippen molar-refractivity contribution in [2.24, 2.45) is 0 Å². The lowest BCUT2D eigenvalue weighted by Crippen LogP contribution is -2.19. The molecule has 17 heavy (non-hydrogen) atoms. The van der Waals surface area contributed by atoms with Crippen LogP contribution in [-0.2, 0) is 0 Å². The van der Waals surface area contributed by atoms with Gasteiger partial charge in [0.05, 0.1) is 22.3 Å². The summed E-state index contributed by atoms with van der Waals surface area (Å²) < 4.78 is 6.42. The lowest BCUT2D eigenvalue weighted by Gasteiger charge is -2.07. The molecule has 1 atom stereocenters. The molecular weight excluding hydrogens is 232 g/mol. The summed E-state index contributed by atoms with van der Waals surface area (Å²) in [6.07, 6.45) is 0. The van der Waals surface area contributed by atoms with Gasteiger partial charge in [0.25, 0.3) is 0 Å². The molecule has 0 aliphatic rings. The number of thiazole rings is 1. The van der Waals surface area contributed by atoms with Crippen molar-refractivity contribution in [1.29, 1.82) is 0 Å². The van der Waals surface area contributed by atoms with Crippen LogP contribution in [0.1, 0.15) is 24.8 Å². The Balaban J connectivity index is 2.24. The van der Waals surface area contributed by atoms with Crippen molar-refractivity contribution in [2.45, 2.75) is 19.8 Å². The van der Waals surface area contributed by atoms with Crippen LogP contribution in [0.4, 0.5) is 0 Å². The second kappa shape index (κ2) is 5.47. The normalized spacial score (nSPS) is 12.9. The largest absolute Gasteiger partial charge is 0.497 e. The van der Waals surface area contributed by atoms with Crippen LogP contribution in [0.25, 0.3) is 10.2 Å². The number of benzene rings is 1. The van der Waals surface area contributed by atoms with Gasteiger partial charge in [0.15, 0.2) is 0 Å². The Kier molecular flexibility index (Phi) is 3.97. The van der Waals surface area contributed by atoms with Gasteiger partial charge in [0, 0.05) is 12.5 Å². The quantitative estimate of drug-likeness (QED) is 0.885. The van der Waals surface area contributed by atoms with Gasteiger partial charge in [-0.15, -0.1) is 11.3 Å². The fraction of sp³-hybridized carbons (Fsp3) is 0.462. The zero-order valence-electron chi connectivity index (χ0n) is 10.5. The van der Waals surface area contributed by atoms with Crippen LogP contribution in [0.3, 0.4) is 0 Å². The lowest BCUT2D eigenvalue weighted by molar-refractivity contribution is 0.415. The molecule has 1 unspecified atom stereocenters. The summed E-state index contributed by atoms with van der Waals surface area (Å²) >= 11 is 1.75. The molecule has 0 aliphatic heterocycles. The van der Waals surface area contributed by atoms with E-state index in [0.717, 1.165) is 24.4 Å². The first-order valence-corrected chi connectivity index (χ1v) is 6.71. The summed E-state index contributed by atoms with van der Waals surface area (Å²) in [4.78, 5) is 4.66. The molecule has 0 aliphatic carbocycles. The summed E-state index contributed by atoms with van der Waals surface area (Å²) in [6.45, 7) is 6.31. The average Bonchev–Trinajstić information content (AvgIpc) is 2.78. The van der Waals surface area contributed by atoms with Crippen molar-refractivity contribution in [2.75, 3.05) is 20.2 Å². The Morgan fingerprint density at radius 1 is 1.47 bits per heavy atom. The Morgan fingerprint density at radius 2 is 2.29 bits per heavy atom. The summed E-state index contributed by atoms with van der Waals surface area (Å²) in [5, 5.41) is 4.54. The highest BCUT2D eigenvalue weighted by Crippen LogP contribution is 2.29. The van der Waals surface area contributed by atoms with E-state index >= 15 is 0 Å². The van der Waals surface area contributed by atoms with E-state index < -0.39 is 0 Å². The van der Waals surface area contributed by atoms with Crippen LogP contribution in [-0.4, -0.2) is 25.2 Å². The fourth-order valence-corrected chi connectivity index (χ4v) is 2.76. The Labute approximate surface area is 106 Å². The maximum atomic E-state index is 5.22. The van der Waals surface area contributed by atoms with E-state index in [1.165, 1.54) is 9.71 Å². The SMILES string of the molecule is CCNCC(C)c1nc2ccc(OC)cc2s1. The van der Waals surface area contributed by atoms with Gasteiger partial charge in [-0.2, -0.15) is 0 Å². The molecule has 3 nitrogen and oxygen atoms in total. The molecule has 1 N–H and O–H groups in total. The number of ether oxygens (including phenoxy) is 1. The van der Waals surface area contributed by atoms with Crippen molar-refractivity contribution in [3.05, 3.63) is 23.2 Å². The fourth-order valence-electron chi connectivity index (χ4n) is 1.71. The van der Waals surface area contributed by atoms with Crippen molar-refractivity contribution >= 4 is 21.6 Å². The molecular formula is C13H18N2OS. The van der Waals surface area contributed by atoms with Crippen LogP contribution in [0, 0.1) is 0 Å². The first-order chi connectivity index (χ1) is 8.24. The van der Waals surface area contributed by atoms with Gasteiger partial charge in [-0.1, -0.05) is 13.8 Å². The molecule has 1 aromatic carbocycles. The van der Waals surface area contributed by atoms with E-state index in [1.807, 2.05) is 12.1 Å². The molecule has 1 aromatic heterocycles. The summed E-state index contributed by atoms with van der Waals surface area (Å²) in [5.41, 5.74) is 1.06. The standard InChI is InChI=1S/C13H18N2OS/c1-4-14-8-9(2)13-15-11-6-5-10(16-3)7-12(11)17-13/h5-7,9,14H,4,8H2,1-3H3. The van der Waals surface area contributed by atoms with Crippen LogP contribution < -0.4 is 10.1 Å². The first-order valence-electron chi connectivity index (χ1n) is 5.89. The summed E-state index contributed by atoms with van der Waals surface area (Å²) in [5.74, 6) is 1.35. The first kappa shape index (κ1) is 12.3. The molecule has 0 spiro atoms. The molecule has 0 fully saturated rings. The Hall–Kier alpha value is -1.13. The maximum Gasteiger partial charge on any atom is 0.120 e. The van der Waals surface area contributed by atoms with Crippen LogP contribution in [0.2, 0.25) is 0 Å². The van der Waals surface area contributed by atoms with E-state index in [0.29, 0.717) is 5.92 Å². The minimum absolute atomic E-state index is 0.457. The van der Waals surface area contributed by atoms with Crippen molar-refractivity contribution in [1.82, 2.24) is 10.3 Å². The molecule has 2 rings (SSSR count). The molecule has 0 saturated carbocycles. The predicted octanol–water partition coefficient (Wildman–Crippen LogP) is 3.02. The number of aromatic nitrogens is 1. The predicted molar refractivity (Wildman–Crippen MR) is 73.1 cm³/mol. The van der Waals surface area contributed by atoms with E-state index in [9.17, 15) is 0 Å². The number of nitrogens with zero attached hydrogens (tertiary/aromatic N) is 1. The van der Waals surface area contributed by atoms with E-state index in [-0.39, 0.29) is 0 Å². The van der Waals surface area contributed by atoms with Crippen molar-refractivity contribution < 1.29 is 4.74 Å². The van der Waals surface area contributed by atoms with Gasteiger partial charge in [0.1, 0.15) is 5.75 Å². The number of nitrogens with one attached hydrogen (secondary N) is 1. The highest BCUT2D eigenvalue weighted by atomic mass is 32.1. The van der Waals surface area contributed by atoms with E-state index in [4.69, 9.17) is 4.74 Å². The number of methoxy groups -OCH3 is 1. The monoisotopic (exact) mass is 250 g/mol. The molecule has 92 valence electrons. The molecule has 0 radical (unpaired) electrons. The number of rotatable bonds is 5. The molecule has 0 bridgehead atoms. The molecule has 0 amide bonds. The van der Waals surface area contributed by atoms with E-state index in [1.54, 1.807) is 18.4 Å². The maximum absolute atomic E-state index is 5.22. The molecule has 0 saturated heterocycles. The highest BCUT2D eigenvalue weighted by molar-refractivity contribution is 7.18. The molecule has 4 heteroatoms. The number of likely N-dealkylation sites (N-methyl/N-ethyl adjacent to an activating group) is 1. The minimum Gasteiger partial charge on any atom is -0.497 e. The van der Waals surface area contributed by atoms with Gasteiger partial charge >= 0.3 is 0 Å². The second-order valence-corrected chi connectivity index (χ2v) is 5.16. The third-order valence-electron chi connectivity index (χ3n) is 2.73. The summed E-state index contributed by atoms with van der Waals surface area (Å²) in [6, 6.07) is 6.03. The zero-order valence-corrected chi connectivity index (χ0v) is 11.3. The number of fused-ring (bicyclic) bond motifs is 1. The second-order valence-electron chi connectivity index (χ2n) is 4.09. The van der Waals surface area contributed by atoms with Gasteiger partial charge in [0.2, 0.25) is 0 Å². The average molecular weight is 250 g/mol.